The zero-order valence-electron chi connectivity index (χ0n) is 15.1. The Morgan fingerprint density at radius 3 is 2.41 bits per heavy atom. The number of aliphatic imine (C=N–C) groups is 1. The van der Waals surface area contributed by atoms with Gasteiger partial charge in [0.1, 0.15) is 11.5 Å². The van der Waals surface area contributed by atoms with Crippen molar-refractivity contribution in [3.05, 3.63) is 83.9 Å². The van der Waals surface area contributed by atoms with Gasteiger partial charge in [-0.1, -0.05) is 24.3 Å². The summed E-state index contributed by atoms with van der Waals surface area (Å²) in [5.74, 6) is 2.41. The molecule has 1 aliphatic rings. The van der Waals surface area contributed by atoms with Gasteiger partial charge in [0, 0.05) is 18.2 Å². The molecular formula is C23H21NO3. The monoisotopic (exact) mass is 359 g/mol. The molecule has 0 bridgehead atoms. The molecule has 1 N–H and O–H groups in total. The topological polar surface area (TPSA) is 51.0 Å². The average molecular weight is 359 g/mol. The van der Waals surface area contributed by atoms with E-state index in [1.807, 2.05) is 66.7 Å². The Morgan fingerprint density at radius 1 is 0.926 bits per heavy atom. The first-order valence-electron chi connectivity index (χ1n) is 8.96. The number of hydrogen-bond donors (Lipinski definition) is 1. The number of nitrogens with zero attached hydrogens (tertiary/aromatic N) is 1. The fourth-order valence-corrected chi connectivity index (χ4v) is 3.29. The van der Waals surface area contributed by atoms with Crippen molar-refractivity contribution in [3.8, 4) is 23.0 Å². The van der Waals surface area contributed by atoms with E-state index >= 15 is 0 Å². The molecule has 0 fully saturated rings. The summed E-state index contributed by atoms with van der Waals surface area (Å²) in [5.41, 5.74) is 3.28. The zero-order chi connectivity index (χ0) is 18.6. The number of hydrogen-bond acceptors (Lipinski definition) is 4. The fourth-order valence-electron chi connectivity index (χ4n) is 3.29. The van der Waals surface area contributed by atoms with Gasteiger partial charge in [-0.2, -0.15) is 0 Å². The van der Waals surface area contributed by atoms with Crippen LogP contribution in [0.1, 0.15) is 23.5 Å². The molecule has 0 spiro atoms. The van der Waals surface area contributed by atoms with Crippen molar-refractivity contribution in [2.75, 3.05) is 13.7 Å². The van der Waals surface area contributed by atoms with Crippen LogP contribution in [0.3, 0.4) is 0 Å². The molecule has 0 aromatic heterocycles. The standard InChI is InChI=1S/C23H21NO3/c1-26-19-10-7-16(8-11-19)21-13-18(15-24-21)17-9-12-23(22(25)14-17)27-20-5-3-2-4-6-20/h2-12,14,18,25H,13,15H2,1H3. The maximum atomic E-state index is 10.4. The molecule has 4 rings (SSSR count). The second-order valence-electron chi connectivity index (χ2n) is 6.56. The number of benzene rings is 3. The Balaban J connectivity index is 1.46. The maximum absolute atomic E-state index is 10.4. The molecule has 27 heavy (non-hydrogen) atoms. The average Bonchev–Trinajstić information content (AvgIpc) is 3.21. The van der Waals surface area contributed by atoms with Crippen molar-refractivity contribution >= 4 is 5.71 Å². The van der Waals surface area contributed by atoms with Gasteiger partial charge >= 0.3 is 0 Å². The van der Waals surface area contributed by atoms with Crippen LogP contribution in [0.15, 0.2) is 77.8 Å². The lowest BCUT2D eigenvalue weighted by atomic mass is 9.94. The quantitative estimate of drug-likeness (QED) is 0.684. The fraction of sp³-hybridized carbons (Fsp3) is 0.174. The molecule has 4 nitrogen and oxygen atoms in total. The minimum atomic E-state index is 0.147. The number of phenolic OH excluding ortho intramolecular Hbond substituents is 1. The van der Waals surface area contributed by atoms with Gasteiger partial charge in [0.2, 0.25) is 0 Å². The summed E-state index contributed by atoms with van der Waals surface area (Å²) < 4.78 is 11.0. The van der Waals surface area contributed by atoms with Crippen molar-refractivity contribution in [1.29, 1.82) is 0 Å². The summed E-state index contributed by atoms with van der Waals surface area (Å²) in [4.78, 5) is 4.70. The first-order chi connectivity index (χ1) is 13.2. The van der Waals surface area contributed by atoms with E-state index in [1.165, 1.54) is 0 Å². The van der Waals surface area contributed by atoms with Gasteiger partial charge in [0.05, 0.1) is 7.11 Å². The molecule has 0 aliphatic carbocycles. The minimum absolute atomic E-state index is 0.147. The van der Waals surface area contributed by atoms with Crippen LogP contribution >= 0.6 is 0 Å². The summed E-state index contributed by atoms with van der Waals surface area (Å²) in [5, 5.41) is 10.4. The highest BCUT2D eigenvalue weighted by Crippen LogP contribution is 2.36. The van der Waals surface area contributed by atoms with Crippen LogP contribution in [-0.2, 0) is 0 Å². The van der Waals surface area contributed by atoms with Gasteiger partial charge in [-0.05, 0) is 66.1 Å². The number of para-hydroxylation sites is 1. The lowest BCUT2D eigenvalue weighted by Crippen LogP contribution is -2.02. The van der Waals surface area contributed by atoms with Crippen LogP contribution in [0.4, 0.5) is 0 Å². The van der Waals surface area contributed by atoms with E-state index in [2.05, 4.69) is 0 Å². The van der Waals surface area contributed by atoms with Crippen LogP contribution in [0, 0.1) is 0 Å². The molecule has 1 unspecified atom stereocenters. The summed E-state index contributed by atoms with van der Waals surface area (Å²) >= 11 is 0. The zero-order valence-corrected chi connectivity index (χ0v) is 15.1. The molecule has 1 aliphatic heterocycles. The summed E-state index contributed by atoms with van der Waals surface area (Å²) in [6, 6.07) is 23.0. The Hall–Kier alpha value is -3.27. The molecule has 136 valence electrons. The number of methoxy groups -OCH3 is 1. The predicted molar refractivity (Wildman–Crippen MR) is 106 cm³/mol. The number of rotatable bonds is 5. The second kappa shape index (κ2) is 7.54. The SMILES string of the molecule is COc1ccc(C2=NCC(c3ccc(Oc4ccccc4)c(O)c3)C2)cc1. The van der Waals surface area contributed by atoms with E-state index < -0.39 is 0 Å². The summed E-state index contributed by atoms with van der Waals surface area (Å²) in [6.07, 6.45) is 0.852. The lowest BCUT2D eigenvalue weighted by molar-refractivity contribution is 0.410. The Kier molecular flexibility index (Phi) is 4.79. The minimum Gasteiger partial charge on any atom is -0.504 e. The highest BCUT2D eigenvalue weighted by atomic mass is 16.5. The van der Waals surface area contributed by atoms with Gasteiger partial charge in [0.15, 0.2) is 11.5 Å². The molecule has 0 saturated heterocycles. The summed E-state index contributed by atoms with van der Waals surface area (Å²) in [6.45, 7) is 0.722. The first-order valence-corrected chi connectivity index (χ1v) is 8.96. The summed E-state index contributed by atoms with van der Waals surface area (Å²) in [7, 11) is 1.66. The van der Waals surface area contributed by atoms with Crippen molar-refractivity contribution in [2.45, 2.75) is 12.3 Å². The molecule has 0 saturated carbocycles. The highest BCUT2D eigenvalue weighted by molar-refractivity contribution is 6.02. The van der Waals surface area contributed by atoms with E-state index in [0.29, 0.717) is 11.5 Å². The van der Waals surface area contributed by atoms with Crippen molar-refractivity contribution < 1.29 is 14.6 Å². The Morgan fingerprint density at radius 2 is 1.70 bits per heavy atom. The van der Waals surface area contributed by atoms with Gasteiger partial charge < -0.3 is 14.6 Å². The number of aromatic hydroxyl groups is 1. The van der Waals surface area contributed by atoms with Crippen molar-refractivity contribution in [3.63, 3.8) is 0 Å². The number of phenols is 1. The van der Waals surface area contributed by atoms with Crippen LogP contribution in [0.25, 0.3) is 0 Å². The molecule has 0 radical (unpaired) electrons. The molecule has 1 heterocycles. The normalized spacial score (nSPS) is 16.0. The van der Waals surface area contributed by atoms with Gasteiger partial charge in [-0.15, -0.1) is 0 Å². The third-order valence-electron chi connectivity index (χ3n) is 4.79. The van der Waals surface area contributed by atoms with Gasteiger partial charge in [-0.25, -0.2) is 0 Å². The molecule has 3 aromatic rings. The largest absolute Gasteiger partial charge is 0.504 e. The smallest absolute Gasteiger partial charge is 0.169 e. The van der Waals surface area contributed by atoms with Crippen LogP contribution in [-0.4, -0.2) is 24.5 Å². The third kappa shape index (κ3) is 3.80. The maximum Gasteiger partial charge on any atom is 0.169 e. The number of ether oxygens (including phenoxy) is 2. The van der Waals surface area contributed by atoms with Crippen LogP contribution < -0.4 is 9.47 Å². The van der Waals surface area contributed by atoms with Crippen molar-refractivity contribution in [2.24, 2.45) is 4.99 Å². The Labute approximate surface area is 158 Å². The molecule has 4 heteroatoms. The third-order valence-corrected chi connectivity index (χ3v) is 4.79. The van der Waals surface area contributed by atoms with E-state index in [1.54, 1.807) is 13.2 Å². The molecule has 0 amide bonds. The van der Waals surface area contributed by atoms with Crippen LogP contribution in [0.2, 0.25) is 0 Å². The molecule has 1 atom stereocenters. The Bertz CT molecular complexity index is 949. The van der Waals surface area contributed by atoms with E-state index in [9.17, 15) is 5.11 Å². The first kappa shape index (κ1) is 17.2. The lowest BCUT2D eigenvalue weighted by Gasteiger charge is -2.13. The van der Waals surface area contributed by atoms with E-state index in [0.717, 1.165) is 35.6 Å². The predicted octanol–water partition coefficient (Wildman–Crippen LogP) is 5.17. The molecular weight excluding hydrogens is 338 g/mol. The van der Waals surface area contributed by atoms with Gasteiger partial charge in [0.25, 0.3) is 0 Å². The van der Waals surface area contributed by atoms with E-state index in [-0.39, 0.29) is 11.7 Å². The van der Waals surface area contributed by atoms with Gasteiger partial charge in [-0.3, -0.25) is 4.99 Å². The van der Waals surface area contributed by atoms with Crippen molar-refractivity contribution in [1.82, 2.24) is 0 Å². The van der Waals surface area contributed by atoms with E-state index in [4.69, 9.17) is 14.5 Å². The molecule has 3 aromatic carbocycles. The van der Waals surface area contributed by atoms with Crippen LogP contribution in [0.5, 0.6) is 23.0 Å². The highest BCUT2D eigenvalue weighted by Gasteiger charge is 2.22. The second-order valence-corrected chi connectivity index (χ2v) is 6.56.